The van der Waals surface area contributed by atoms with E-state index in [0.29, 0.717) is 5.92 Å². The molecule has 0 radical (unpaired) electrons. The molecule has 0 saturated carbocycles. The Hall–Kier alpha value is -2.09. The van der Waals surface area contributed by atoms with Gasteiger partial charge in [0.1, 0.15) is 0 Å². The van der Waals surface area contributed by atoms with Crippen molar-refractivity contribution in [2.45, 2.75) is 13.3 Å². The summed E-state index contributed by atoms with van der Waals surface area (Å²) < 4.78 is 0. The molecule has 1 unspecified atom stereocenters. The summed E-state index contributed by atoms with van der Waals surface area (Å²) in [5.41, 5.74) is 4.48. The maximum absolute atomic E-state index is 4.38. The second-order valence-corrected chi connectivity index (χ2v) is 4.76. The third-order valence-electron chi connectivity index (χ3n) is 3.27. The summed E-state index contributed by atoms with van der Waals surface area (Å²) in [6.45, 7) is 2.23. The van der Waals surface area contributed by atoms with Crippen molar-refractivity contribution in [3.8, 4) is 11.3 Å². The van der Waals surface area contributed by atoms with Crippen molar-refractivity contribution in [1.29, 1.82) is 0 Å². The maximum atomic E-state index is 4.38. The van der Waals surface area contributed by atoms with Crippen LogP contribution in [0.5, 0.6) is 0 Å². The van der Waals surface area contributed by atoms with E-state index in [-0.39, 0.29) is 0 Å². The molecule has 1 heterocycles. The lowest BCUT2D eigenvalue weighted by atomic mass is 9.97. The molecule has 1 aromatic heterocycles. The molecule has 2 aromatic rings. The van der Waals surface area contributed by atoms with Crippen molar-refractivity contribution in [1.82, 2.24) is 10.2 Å². The Labute approximate surface area is 107 Å². The number of nitrogens with one attached hydrogen (secondary N) is 1. The molecule has 0 fully saturated rings. The van der Waals surface area contributed by atoms with Crippen LogP contribution in [0.2, 0.25) is 0 Å². The van der Waals surface area contributed by atoms with Crippen LogP contribution in [-0.2, 0) is 0 Å². The first-order valence-electron chi connectivity index (χ1n) is 6.32. The van der Waals surface area contributed by atoms with E-state index in [2.05, 4.69) is 53.5 Å². The largest absolute Gasteiger partial charge is 0.277 e. The van der Waals surface area contributed by atoms with Crippen molar-refractivity contribution in [3.05, 3.63) is 60.3 Å². The van der Waals surface area contributed by atoms with Crippen molar-refractivity contribution >= 4 is 5.57 Å². The number of hydrogen-bond donors (Lipinski definition) is 1. The predicted octanol–water partition coefficient (Wildman–Crippen LogP) is 4.06. The standard InChI is InChI=1S/C16H16N2/c1-12-7-9-14(10-8-12)16-11-15(17-18-16)13-5-3-2-4-6-13/h2-7,9-12H,8H2,1H3,(H,17,18). The van der Waals surface area contributed by atoms with Crippen LogP contribution in [0.1, 0.15) is 19.0 Å². The van der Waals surface area contributed by atoms with Crippen molar-refractivity contribution in [2.75, 3.05) is 0 Å². The number of H-pyrrole nitrogens is 1. The average molecular weight is 236 g/mol. The Kier molecular flexibility index (Phi) is 2.85. The topological polar surface area (TPSA) is 28.7 Å². The Balaban J connectivity index is 1.89. The van der Waals surface area contributed by atoms with E-state index >= 15 is 0 Å². The Bertz CT molecular complexity index is 591. The summed E-state index contributed by atoms with van der Waals surface area (Å²) in [5.74, 6) is 0.644. The SMILES string of the molecule is CC1C=CC(c2cc(-c3ccccc3)n[nH]2)=CC1. The fourth-order valence-electron chi connectivity index (χ4n) is 2.15. The summed E-state index contributed by atoms with van der Waals surface area (Å²) in [4.78, 5) is 0. The highest BCUT2D eigenvalue weighted by atomic mass is 15.1. The third-order valence-corrected chi connectivity index (χ3v) is 3.27. The molecule has 0 amide bonds. The molecule has 1 N–H and O–H groups in total. The van der Waals surface area contributed by atoms with Gasteiger partial charge in [-0.05, 0) is 24.0 Å². The predicted molar refractivity (Wildman–Crippen MR) is 74.9 cm³/mol. The zero-order valence-corrected chi connectivity index (χ0v) is 10.4. The van der Waals surface area contributed by atoms with Gasteiger partial charge in [0.05, 0.1) is 11.4 Å². The van der Waals surface area contributed by atoms with Crippen molar-refractivity contribution in [3.63, 3.8) is 0 Å². The second-order valence-electron chi connectivity index (χ2n) is 4.76. The number of rotatable bonds is 2. The highest BCUT2D eigenvalue weighted by molar-refractivity contribution is 5.75. The van der Waals surface area contributed by atoms with Gasteiger partial charge in [0.15, 0.2) is 0 Å². The quantitative estimate of drug-likeness (QED) is 0.837. The average Bonchev–Trinajstić information content (AvgIpc) is 2.90. The minimum atomic E-state index is 0.644. The smallest absolute Gasteiger partial charge is 0.0927 e. The zero-order chi connectivity index (χ0) is 12.4. The first kappa shape index (κ1) is 11.0. The van der Waals surface area contributed by atoms with Gasteiger partial charge < -0.3 is 0 Å². The molecule has 1 atom stereocenters. The molecule has 0 bridgehead atoms. The van der Waals surface area contributed by atoms with Gasteiger partial charge in [-0.3, -0.25) is 5.10 Å². The van der Waals surface area contributed by atoms with E-state index in [0.717, 1.165) is 23.4 Å². The lowest BCUT2D eigenvalue weighted by Crippen LogP contribution is -1.94. The van der Waals surface area contributed by atoms with Crippen LogP contribution < -0.4 is 0 Å². The molecule has 1 aliphatic carbocycles. The van der Waals surface area contributed by atoms with Gasteiger partial charge in [0.25, 0.3) is 0 Å². The van der Waals surface area contributed by atoms with E-state index < -0.39 is 0 Å². The Morgan fingerprint density at radius 3 is 2.78 bits per heavy atom. The molecular weight excluding hydrogens is 220 g/mol. The molecule has 90 valence electrons. The molecule has 1 aromatic carbocycles. The number of allylic oxidation sites excluding steroid dienone is 4. The third kappa shape index (κ3) is 2.14. The van der Waals surface area contributed by atoms with Gasteiger partial charge >= 0.3 is 0 Å². The molecule has 2 nitrogen and oxygen atoms in total. The van der Waals surface area contributed by atoms with E-state index in [9.17, 15) is 0 Å². The Morgan fingerprint density at radius 2 is 2.06 bits per heavy atom. The first-order chi connectivity index (χ1) is 8.83. The number of nitrogens with zero attached hydrogens (tertiary/aromatic N) is 1. The minimum Gasteiger partial charge on any atom is -0.277 e. The highest BCUT2D eigenvalue weighted by Crippen LogP contribution is 2.25. The zero-order valence-electron chi connectivity index (χ0n) is 10.4. The minimum absolute atomic E-state index is 0.644. The molecule has 0 spiro atoms. The molecule has 3 rings (SSSR count). The van der Waals surface area contributed by atoms with Crippen LogP contribution >= 0.6 is 0 Å². The second kappa shape index (κ2) is 4.65. The van der Waals surface area contributed by atoms with Crippen LogP contribution in [0.25, 0.3) is 16.8 Å². The van der Waals surface area contributed by atoms with Crippen LogP contribution in [0.4, 0.5) is 0 Å². The molecule has 0 aliphatic heterocycles. The summed E-state index contributed by atoms with van der Waals surface area (Å²) in [6, 6.07) is 12.4. The summed E-state index contributed by atoms with van der Waals surface area (Å²) in [6.07, 6.45) is 7.80. The van der Waals surface area contributed by atoms with Gasteiger partial charge in [0, 0.05) is 5.56 Å². The highest BCUT2D eigenvalue weighted by Gasteiger charge is 2.09. The summed E-state index contributed by atoms with van der Waals surface area (Å²) in [5, 5.41) is 7.50. The molecule has 18 heavy (non-hydrogen) atoms. The van der Waals surface area contributed by atoms with Crippen LogP contribution in [0.3, 0.4) is 0 Å². The van der Waals surface area contributed by atoms with E-state index in [1.165, 1.54) is 5.57 Å². The molecular formula is C16H16N2. The van der Waals surface area contributed by atoms with Gasteiger partial charge in [-0.1, -0.05) is 55.5 Å². The van der Waals surface area contributed by atoms with Crippen LogP contribution in [0, 0.1) is 5.92 Å². The maximum Gasteiger partial charge on any atom is 0.0927 e. The number of aromatic amines is 1. The van der Waals surface area contributed by atoms with Crippen molar-refractivity contribution < 1.29 is 0 Å². The first-order valence-corrected chi connectivity index (χ1v) is 6.32. The fourth-order valence-corrected chi connectivity index (χ4v) is 2.15. The summed E-state index contributed by atoms with van der Waals surface area (Å²) in [7, 11) is 0. The van der Waals surface area contributed by atoms with E-state index in [1.807, 2.05) is 18.2 Å². The molecule has 2 heteroatoms. The van der Waals surface area contributed by atoms with Gasteiger partial charge in [0.2, 0.25) is 0 Å². The van der Waals surface area contributed by atoms with E-state index in [4.69, 9.17) is 0 Å². The number of benzene rings is 1. The van der Waals surface area contributed by atoms with Gasteiger partial charge in [-0.25, -0.2) is 0 Å². The number of aromatic nitrogens is 2. The lowest BCUT2D eigenvalue weighted by Gasteiger charge is -2.09. The number of hydrogen-bond acceptors (Lipinski definition) is 1. The summed E-state index contributed by atoms with van der Waals surface area (Å²) >= 11 is 0. The normalized spacial score (nSPS) is 18.7. The van der Waals surface area contributed by atoms with Crippen molar-refractivity contribution in [2.24, 2.45) is 5.92 Å². The van der Waals surface area contributed by atoms with Gasteiger partial charge in [-0.15, -0.1) is 0 Å². The van der Waals surface area contributed by atoms with Crippen LogP contribution in [0.15, 0.2) is 54.6 Å². The molecule has 1 aliphatic rings. The molecule has 0 saturated heterocycles. The lowest BCUT2D eigenvalue weighted by molar-refractivity contribution is 0.738. The van der Waals surface area contributed by atoms with E-state index in [1.54, 1.807) is 0 Å². The monoisotopic (exact) mass is 236 g/mol. The Morgan fingerprint density at radius 1 is 1.22 bits per heavy atom. The van der Waals surface area contributed by atoms with Crippen LogP contribution in [-0.4, -0.2) is 10.2 Å². The van der Waals surface area contributed by atoms with Gasteiger partial charge in [-0.2, -0.15) is 5.10 Å². The fraction of sp³-hybridized carbons (Fsp3) is 0.188.